The third kappa shape index (κ3) is 2.72. The lowest BCUT2D eigenvalue weighted by Gasteiger charge is -2.28. The second kappa shape index (κ2) is 6.31. The van der Waals surface area contributed by atoms with Crippen molar-refractivity contribution in [3.63, 3.8) is 0 Å². The van der Waals surface area contributed by atoms with Crippen molar-refractivity contribution in [2.45, 2.75) is 31.2 Å². The van der Waals surface area contributed by atoms with Crippen LogP contribution in [0.3, 0.4) is 0 Å². The summed E-state index contributed by atoms with van der Waals surface area (Å²) in [5, 5.41) is 19.0. The van der Waals surface area contributed by atoms with E-state index in [1.54, 1.807) is 11.8 Å². The van der Waals surface area contributed by atoms with Crippen molar-refractivity contribution in [2.24, 2.45) is 5.92 Å². The zero-order valence-corrected chi connectivity index (χ0v) is 12.3. The van der Waals surface area contributed by atoms with Crippen molar-refractivity contribution < 1.29 is 5.11 Å². The van der Waals surface area contributed by atoms with Crippen LogP contribution < -0.4 is 4.90 Å². The second-order valence-corrected chi connectivity index (χ2v) is 6.21. The first-order valence-corrected chi connectivity index (χ1v) is 7.74. The largest absolute Gasteiger partial charge is 0.394 e. The van der Waals surface area contributed by atoms with Crippen LogP contribution in [0.4, 0.5) is 5.69 Å². The molecule has 1 N–H and O–H groups in total. The van der Waals surface area contributed by atoms with Gasteiger partial charge in [-0.25, -0.2) is 0 Å². The van der Waals surface area contributed by atoms with E-state index in [9.17, 15) is 10.4 Å². The monoisotopic (exact) mass is 276 g/mol. The second-order valence-electron chi connectivity index (χ2n) is 4.90. The summed E-state index contributed by atoms with van der Waals surface area (Å²) in [5.74, 6) is 1.43. The van der Waals surface area contributed by atoms with Gasteiger partial charge >= 0.3 is 0 Å². The minimum Gasteiger partial charge on any atom is -0.394 e. The average molecular weight is 276 g/mol. The summed E-state index contributed by atoms with van der Waals surface area (Å²) in [6, 6.07) is 8.48. The Kier molecular flexibility index (Phi) is 4.73. The molecule has 1 fully saturated rings. The molecule has 0 spiro atoms. The Hall–Kier alpha value is -1.18. The minimum atomic E-state index is 0.133. The normalized spacial score (nSPS) is 22.5. The number of nitrogens with zero attached hydrogens (tertiary/aromatic N) is 2. The summed E-state index contributed by atoms with van der Waals surface area (Å²) in [6.07, 6.45) is 1.07. The standard InChI is InChI=1S/C15H20N2OS/c1-3-19-15-6-4-5-13(12(15)9-16)17-8-7-11(2)14(17)10-18/h4-6,11,14,18H,3,7-8,10H2,1-2H3. The molecule has 1 heterocycles. The van der Waals surface area contributed by atoms with Crippen LogP contribution in [0.2, 0.25) is 0 Å². The molecule has 1 aromatic rings. The molecule has 1 aliphatic rings. The predicted molar refractivity (Wildman–Crippen MR) is 79.6 cm³/mol. The fourth-order valence-corrected chi connectivity index (χ4v) is 3.51. The van der Waals surface area contributed by atoms with E-state index in [0.717, 1.165) is 34.9 Å². The summed E-state index contributed by atoms with van der Waals surface area (Å²) in [4.78, 5) is 3.24. The summed E-state index contributed by atoms with van der Waals surface area (Å²) in [5.41, 5.74) is 1.73. The van der Waals surface area contributed by atoms with Crippen LogP contribution in [-0.4, -0.2) is 30.1 Å². The highest BCUT2D eigenvalue weighted by atomic mass is 32.2. The van der Waals surface area contributed by atoms with Gasteiger partial charge in [0.2, 0.25) is 0 Å². The van der Waals surface area contributed by atoms with Gasteiger partial charge in [-0.05, 0) is 30.2 Å². The van der Waals surface area contributed by atoms with E-state index in [1.807, 2.05) is 18.2 Å². The lowest BCUT2D eigenvalue weighted by Crippen LogP contribution is -2.35. The minimum absolute atomic E-state index is 0.133. The van der Waals surface area contributed by atoms with Crippen molar-refractivity contribution in [2.75, 3.05) is 23.8 Å². The maximum absolute atomic E-state index is 9.57. The molecule has 102 valence electrons. The Bertz CT molecular complexity index is 484. The molecule has 4 heteroatoms. The van der Waals surface area contributed by atoms with Gasteiger partial charge < -0.3 is 10.0 Å². The summed E-state index contributed by atoms with van der Waals surface area (Å²) in [7, 11) is 0. The molecule has 2 rings (SSSR count). The van der Waals surface area contributed by atoms with E-state index in [2.05, 4.69) is 24.8 Å². The van der Waals surface area contributed by atoms with E-state index in [1.165, 1.54) is 0 Å². The first-order chi connectivity index (χ1) is 9.22. The maximum atomic E-state index is 9.57. The van der Waals surface area contributed by atoms with E-state index in [-0.39, 0.29) is 12.6 Å². The fourth-order valence-electron chi connectivity index (χ4n) is 2.73. The number of aliphatic hydroxyl groups excluding tert-OH is 1. The van der Waals surface area contributed by atoms with Crippen LogP contribution in [0.5, 0.6) is 0 Å². The molecule has 19 heavy (non-hydrogen) atoms. The van der Waals surface area contributed by atoms with Crippen molar-refractivity contribution in [1.82, 2.24) is 0 Å². The van der Waals surface area contributed by atoms with E-state index in [4.69, 9.17) is 0 Å². The van der Waals surface area contributed by atoms with Gasteiger partial charge in [0.25, 0.3) is 0 Å². The third-order valence-electron chi connectivity index (χ3n) is 3.79. The molecule has 2 atom stereocenters. The highest BCUT2D eigenvalue weighted by Gasteiger charge is 2.32. The molecule has 0 radical (unpaired) electrons. The lowest BCUT2D eigenvalue weighted by molar-refractivity contribution is 0.244. The van der Waals surface area contributed by atoms with Crippen molar-refractivity contribution in [3.05, 3.63) is 23.8 Å². The summed E-state index contributed by atoms with van der Waals surface area (Å²) >= 11 is 1.70. The van der Waals surface area contributed by atoms with Gasteiger partial charge in [-0.15, -0.1) is 11.8 Å². The lowest BCUT2D eigenvalue weighted by atomic mass is 10.0. The molecular weight excluding hydrogens is 256 g/mol. The smallest absolute Gasteiger partial charge is 0.103 e. The Morgan fingerprint density at radius 2 is 2.32 bits per heavy atom. The molecule has 0 aliphatic carbocycles. The van der Waals surface area contributed by atoms with Gasteiger partial charge in [-0.2, -0.15) is 5.26 Å². The number of anilines is 1. The van der Waals surface area contributed by atoms with E-state index in [0.29, 0.717) is 5.92 Å². The van der Waals surface area contributed by atoms with E-state index >= 15 is 0 Å². The number of thioether (sulfide) groups is 1. The Morgan fingerprint density at radius 1 is 1.53 bits per heavy atom. The SMILES string of the molecule is CCSc1cccc(N2CCC(C)C2CO)c1C#N. The average Bonchev–Trinajstić information content (AvgIpc) is 2.79. The molecule has 0 saturated carbocycles. The molecule has 0 aromatic heterocycles. The topological polar surface area (TPSA) is 47.3 Å². The molecule has 0 bridgehead atoms. The number of hydrogen-bond donors (Lipinski definition) is 1. The molecule has 1 aliphatic heterocycles. The molecule has 1 saturated heterocycles. The summed E-state index contributed by atoms with van der Waals surface area (Å²) < 4.78 is 0. The Balaban J connectivity index is 2.40. The number of aliphatic hydroxyl groups is 1. The number of hydrogen-bond acceptors (Lipinski definition) is 4. The highest BCUT2D eigenvalue weighted by Crippen LogP contribution is 2.35. The van der Waals surface area contributed by atoms with Crippen molar-refractivity contribution >= 4 is 17.4 Å². The van der Waals surface area contributed by atoms with Gasteiger partial charge in [0.15, 0.2) is 0 Å². The van der Waals surface area contributed by atoms with Crippen LogP contribution in [0, 0.1) is 17.2 Å². The number of benzene rings is 1. The molecule has 1 aromatic carbocycles. The molecule has 2 unspecified atom stereocenters. The van der Waals surface area contributed by atoms with Gasteiger partial charge in [0, 0.05) is 11.4 Å². The molecular formula is C15H20N2OS. The zero-order valence-electron chi connectivity index (χ0n) is 11.5. The van der Waals surface area contributed by atoms with Crippen LogP contribution in [0.15, 0.2) is 23.1 Å². The quantitative estimate of drug-likeness (QED) is 0.859. The Morgan fingerprint density at radius 3 is 2.95 bits per heavy atom. The summed E-state index contributed by atoms with van der Waals surface area (Å²) in [6.45, 7) is 5.32. The third-order valence-corrected chi connectivity index (χ3v) is 4.73. The number of nitriles is 1. The highest BCUT2D eigenvalue weighted by molar-refractivity contribution is 7.99. The molecule has 3 nitrogen and oxygen atoms in total. The molecule has 0 amide bonds. The first-order valence-electron chi connectivity index (χ1n) is 6.76. The Labute approximate surface area is 119 Å². The van der Waals surface area contributed by atoms with Crippen LogP contribution in [0.25, 0.3) is 0 Å². The van der Waals surface area contributed by atoms with Crippen molar-refractivity contribution in [1.29, 1.82) is 5.26 Å². The van der Waals surface area contributed by atoms with Gasteiger partial charge in [0.05, 0.1) is 23.9 Å². The van der Waals surface area contributed by atoms with E-state index < -0.39 is 0 Å². The van der Waals surface area contributed by atoms with Gasteiger partial charge in [-0.3, -0.25) is 0 Å². The first kappa shape index (κ1) is 14.2. The van der Waals surface area contributed by atoms with Crippen LogP contribution >= 0.6 is 11.8 Å². The number of rotatable bonds is 4. The van der Waals surface area contributed by atoms with Crippen molar-refractivity contribution in [3.8, 4) is 6.07 Å². The maximum Gasteiger partial charge on any atom is 0.103 e. The predicted octanol–water partition coefficient (Wildman–Crippen LogP) is 2.88. The van der Waals surface area contributed by atoms with Gasteiger partial charge in [0.1, 0.15) is 6.07 Å². The van der Waals surface area contributed by atoms with Crippen LogP contribution in [0.1, 0.15) is 25.8 Å². The zero-order chi connectivity index (χ0) is 13.8. The van der Waals surface area contributed by atoms with Crippen LogP contribution in [-0.2, 0) is 0 Å². The fraction of sp³-hybridized carbons (Fsp3) is 0.533. The van der Waals surface area contributed by atoms with Gasteiger partial charge in [-0.1, -0.05) is 19.9 Å².